The second kappa shape index (κ2) is 6.47. The summed E-state index contributed by atoms with van der Waals surface area (Å²) in [5.74, 6) is -0.905. The van der Waals surface area contributed by atoms with E-state index in [1.165, 1.54) is 23.1 Å². The molecule has 5 nitrogen and oxygen atoms in total. The first kappa shape index (κ1) is 17.7. The maximum absolute atomic E-state index is 13.1. The Morgan fingerprint density at radius 3 is 2.33 bits per heavy atom. The lowest BCUT2D eigenvalue weighted by Gasteiger charge is -2.29. The van der Waals surface area contributed by atoms with Crippen molar-refractivity contribution in [3.63, 3.8) is 0 Å². The zero-order valence-corrected chi connectivity index (χ0v) is 14.1. The Balaban J connectivity index is 2.18. The number of carboxylic acids is 1. The number of carboxylic acid groups (broad SMARTS) is 1. The van der Waals surface area contributed by atoms with E-state index in [-0.39, 0.29) is 23.8 Å². The number of nitrogens with zero attached hydrogens (tertiary/aromatic N) is 1. The van der Waals surface area contributed by atoms with Crippen LogP contribution in [-0.4, -0.2) is 28.9 Å². The Morgan fingerprint density at radius 1 is 1.25 bits per heavy atom. The summed E-state index contributed by atoms with van der Waals surface area (Å²) in [4.78, 5) is 25.3. The van der Waals surface area contributed by atoms with E-state index in [9.17, 15) is 14.0 Å². The van der Waals surface area contributed by atoms with E-state index in [1.807, 2.05) is 0 Å². The zero-order valence-electron chi connectivity index (χ0n) is 14.1. The van der Waals surface area contributed by atoms with Gasteiger partial charge in [0.2, 0.25) is 5.91 Å². The molecule has 0 fully saturated rings. The number of hydrogen-bond acceptors (Lipinski definition) is 3. The van der Waals surface area contributed by atoms with Crippen molar-refractivity contribution >= 4 is 11.9 Å². The Kier molecular flexibility index (Phi) is 4.78. The van der Waals surface area contributed by atoms with E-state index in [0.29, 0.717) is 17.1 Å². The Labute approximate surface area is 139 Å². The number of likely N-dealkylation sites (N-methyl/N-ethyl adjacent to an activating group) is 1. The number of carbonyl (C=O) groups is 2. The van der Waals surface area contributed by atoms with Crippen LogP contribution in [0.3, 0.4) is 0 Å². The van der Waals surface area contributed by atoms with Crippen molar-refractivity contribution in [3.05, 3.63) is 58.8 Å². The van der Waals surface area contributed by atoms with Gasteiger partial charge in [-0.15, -0.1) is 0 Å². The molecule has 1 heterocycles. The monoisotopic (exact) mass is 333 g/mol. The molecule has 0 aliphatic heterocycles. The molecular weight excluding hydrogens is 313 g/mol. The highest BCUT2D eigenvalue weighted by Crippen LogP contribution is 2.26. The first-order valence-electron chi connectivity index (χ1n) is 7.47. The third-order valence-electron chi connectivity index (χ3n) is 4.04. The molecule has 0 atom stereocenters. The molecule has 0 aliphatic carbocycles. The van der Waals surface area contributed by atoms with Crippen LogP contribution in [-0.2, 0) is 16.8 Å². The molecule has 1 N–H and O–H groups in total. The fourth-order valence-electron chi connectivity index (χ4n) is 2.61. The van der Waals surface area contributed by atoms with Crippen LogP contribution in [0.15, 0.2) is 34.7 Å². The number of rotatable bonds is 5. The first-order valence-corrected chi connectivity index (χ1v) is 7.47. The highest BCUT2D eigenvalue weighted by molar-refractivity contribution is 5.89. The smallest absolute Gasteiger partial charge is 0.339 e. The van der Waals surface area contributed by atoms with Gasteiger partial charge in [0.05, 0.1) is 12.0 Å². The van der Waals surface area contributed by atoms with E-state index >= 15 is 0 Å². The number of halogens is 1. The standard InChI is InChI=1S/C18H20FNO4/c1-11-15(16(21)22)9-14(24-11)10-20(4)17(23)18(2,3)12-5-7-13(19)8-6-12/h5-9H,10H2,1-4H3,(H,21,22). The summed E-state index contributed by atoms with van der Waals surface area (Å²) in [5.41, 5.74) is -0.0639. The second-order valence-corrected chi connectivity index (χ2v) is 6.28. The van der Waals surface area contributed by atoms with Crippen LogP contribution in [0.4, 0.5) is 4.39 Å². The summed E-state index contributed by atoms with van der Waals surface area (Å²) in [7, 11) is 1.62. The molecule has 1 aromatic heterocycles. The molecule has 0 aliphatic rings. The van der Waals surface area contributed by atoms with Gasteiger partial charge in [0, 0.05) is 7.05 Å². The Hall–Kier alpha value is -2.63. The van der Waals surface area contributed by atoms with Crippen LogP contribution in [0.2, 0.25) is 0 Å². The van der Waals surface area contributed by atoms with Crippen LogP contribution >= 0.6 is 0 Å². The number of aromatic carboxylic acids is 1. The van der Waals surface area contributed by atoms with Gasteiger partial charge >= 0.3 is 5.97 Å². The van der Waals surface area contributed by atoms with Gasteiger partial charge in [0.15, 0.2) is 0 Å². The predicted molar refractivity (Wildman–Crippen MR) is 86.3 cm³/mol. The van der Waals surface area contributed by atoms with Crippen molar-refractivity contribution < 1.29 is 23.5 Å². The molecule has 128 valence electrons. The van der Waals surface area contributed by atoms with Gasteiger partial charge in [-0.05, 0) is 44.5 Å². The van der Waals surface area contributed by atoms with Crippen LogP contribution in [0.25, 0.3) is 0 Å². The van der Waals surface area contributed by atoms with Crippen molar-refractivity contribution in [2.75, 3.05) is 7.05 Å². The molecule has 6 heteroatoms. The number of carbonyl (C=O) groups excluding carboxylic acids is 1. The minimum atomic E-state index is -1.07. The molecule has 0 radical (unpaired) electrons. The van der Waals surface area contributed by atoms with Crippen molar-refractivity contribution in [2.45, 2.75) is 32.7 Å². The summed E-state index contributed by atoms with van der Waals surface area (Å²) in [6, 6.07) is 7.23. The first-order chi connectivity index (χ1) is 11.1. The number of benzene rings is 1. The lowest BCUT2D eigenvalue weighted by molar-refractivity contribution is -0.135. The van der Waals surface area contributed by atoms with E-state index in [4.69, 9.17) is 9.52 Å². The third-order valence-corrected chi connectivity index (χ3v) is 4.04. The highest BCUT2D eigenvalue weighted by atomic mass is 19.1. The fourth-order valence-corrected chi connectivity index (χ4v) is 2.61. The van der Waals surface area contributed by atoms with E-state index in [2.05, 4.69) is 0 Å². The Bertz CT molecular complexity index is 762. The molecule has 0 spiro atoms. The summed E-state index contributed by atoms with van der Waals surface area (Å²) < 4.78 is 18.5. The molecule has 1 aromatic carbocycles. The quantitative estimate of drug-likeness (QED) is 0.911. The zero-order chi connectivity index (χ0) is 18.1. The second-order valence-electron chi connectivity index (χ2n) is 6.28. The van der Waals surface area contributed by atoms with E-state index in [1.54, 1.807) is 40.0 Å². The average Bonchev–Trinajstić information content (AvgIpc) is 2.87. The third kappa shape index (κ3) is 3.48. The lowest BCUT2D eigenvalue weighted by atomic mass is 9.83. The summed E-state index contributed by atoms with van der Waals surface area (Å²) in [5, 5.41) is 9.05. The fraction of sp³-hybridized carbons (Fsp3) is 0.333. The van der Waals surface area contributed by atoms with Gasteiger partial charge in [0.1, 0.15) is 22.9 Å². The van der Waals surface area contributed by atoms with Gasteiger partial charge in [0.25, 0.3) is 0 Å². The normalized spacial score (nSPS) is 11.4. The van der Waals surface area contributed by atoms with Crippen molar-refractivity contribution in [2.24, 2.45) is 0 Å². The number of hydrogen-bond donors (Lipinski definition) is 1. The minimum absolute atomic E-state index is 0.0867. The number of amides is 1. The topological polar surface area (TPSA) is 70.8 Å². The van der Waals surface area contributed by atoms with E-state index < -0.39 is 11.4 Å². The van der Waals surface area contributed by atoms with Crippen LogP contribution in [0.1, 0.15) is 41.3 Å². The summed E-state index contributed by atoms with van der Waals surface area (Å²) in [6.45, 7) is 5.24. The average molecular weight is 333 g/mol. The summed E-state index contributed by atoms with van der Waals surface area (Å²) in [6.07, 6.45) is 0. The van der Waals surface area contributed by atoms with Gasteiger partial charge in [-0.2, -0.15) is 0 Å². The predicted octanol–water partition coefficient (Wildman–Crippen LogP) is 3.36. The van der Waals surface area contributed by atoms with Crippen molar-refractivity contribution in [3.8, 4) is 0 Å². The van der Waals surface area contributed by atoms with Crippen molar-refractivity contribution in [1.82, 2.24) is 4.90 Å². The molecule has 0 saturated heterocycles. The molecule has 0 bridgehead atoms. The van der Waals surface area contributed by atoms with Gasteiger partial charge in [-0.25, -0.2) is 9.18 Å². The molecule has 24 heavy (non-hydrogen) atoms. The lowest BCUT2D eigenvalue weighted by Crippen LogP contribution is -2.40. The molecule has 1 amide bonds. The SMILES string of the molecule is Cc1oc(CN(C)C(=O)C(C)(C)c2ccc(F)cc2)cc1C(=O)O. The van der Waals surface area contributed by atoms with Gasteiger partial charge in [-0.3, -0.25) is 4.79 Å². The molecule has 0 unspecified atom stereocenters. The molecule has 2 rings (SSSR count). The number of aryl methyl sites for hydroxylation is 1. The number of furan rings is 1. The Morgan fingerprint density at radius 2 is 1.83 bits per heavy atom. The maximum Gasteiger partial charge on any atom is 0.339 e. The van der Waals surface area contributed by atoms with Crippen LogP contribution in [0, 0.1) is 12.7 Å². The van der Waals surface area contributed by atoms with Crippen LogP contribution < -0.4 is 0 Å². The summed E-state index contributed by atoms with van der Waals surface area (Å²) >= 11 is 0. The van der Waals surface area contributed by atoms with Gasteiger partial charge < -0.3 is 14.4 Å². The molecule has 2 aromatic rings. The minimum Gasteiger partial charge on any atom is -0.478 e. The largest absolute Gasteiger partial charge is 0.478 e. The van der Waals surface area contributed by atoms with Crippen molar-refractivity contribution in [1.29, 1.82) is 0 Å². The molecular formula is C18H20FNO4. The van der Waals surface area contributed by atoms with E-state index in [0.717, 1.165) is 0 Å². The highest BCUT2D eigenvalue weighted by Gasteiger charge is 2.33. The van der Waals surface area contributed by atoms with Gasteiger partial charge in [-0.1, -0.05) is 12.1 Å². The molecule has 0 saturated carbocycles. The van der Waals surface area contributed by atoms with Crippen LogP contribution in [0.5, 0.6) is 0 Å². The maximum atomic E-state index is 13.1.